The summed E-state index contributed by atoms with van der Waals surface area (Å²) in [5, 5.41) is 10.1. The molecule has 2 fully saturated rings. The number of H-pyrrole nitrogens is 1. The number of nitrogens with zero attached hydrogens (tertiary/aromatic N) is 1. The van der Waals surface area contributed by atoms with Crippen molar-refractivity contribution < 1.29 is 9.90 Å². The number of piperidine rings is 1. The number of aliphatic hydroxyl groups is 1. The summed E-state index contributed by atoms with van der Waals surface area (Å²) in [5.41, 5.74) is 0.651. The van der Waals surface area contributed by atoms with Gasteiger partial charge in [-0.25, -0.2) is 0 Å². The molecular formula is C16H22N2O3. The molecule has 2 aliphatic rings. The number of carbonyl (C=O) groups is 1. The van der Waals surface area contributed by atoms with Crippen LogP contribution in [0.15, 0.2) is 23.0 Å². The van der Waals surface area contributed by atoms with Crippen LogP contribution in [0.1, 0.15) is 37.8 Å². The van der Waals surface area contributed by atoms with Gasteiger partial charge in [0.1, 0.15) is 0 Å². The van der Waals surface area contributed by atoms with Crippen LogP contribution in [-0.4, -0.2) is 39.6 Å². The van der Waals surface area contributed by atoms with Crippen molar-refractivity contribution >= 4 is 5.91 Å². The summed E-state index contributed by atoms with van der Waals surface area (Å²) in [7, 11) is 0. The molecule has 2 N–H and O–H groups in total. The quantitative estimate of drug-likeness (QED) is 0.874. The van der Waals surface area contributed by atoms with Gasteiger partial charge in [-0.1, -0.05) is 6.07 Å². The minimum Gasteiger partial charge on any atom is -0.391 e. The highest BCUT2D eigenvalue weighted by Gasteiger charge is 2.38. The summed E-state index contributed by atoms with van der Waals surface area (Å²) in [6, 6.07) is 5.00. The SMILES string of the molecule is O=C(CCc1cccc(=O)[nH]1)N1CCC2CCC(O)C1C2. The lowest BCUT2D eigenvalue weighted by molar-refractivity contribution is -0.141. The maximum Gasteiger partial charge on any atom is 0.248 e. The van der Waals surface area contributed by atoms with E-state index in [4.69, 9.17) is 0 Å². The minimum atomic E-state index is -0.373. The van der Waals surface area contributed by atoms with E-state index in [1.54, 1.807) is 6.07 Å². The van der Waals surface area contributed by atoms with E-state index in [2.05, 4.69) is 4.98 Å². The second kappa shape index (κ2) is 6.02. The zero-order valence-corrected chi connectivity index (χ0v) is 12.1. The van der Waals surface area contributed by atoms with E-state index in [1.165, 1.54) is 6.07 Å². The molecule has 1 saturated carbocycles. The van der Waals surface area contributed by atoms with Crippen molar-refractivity contribution in [2.24, 2.45) is 5.92 Å². The Balaban J connectivity index is 1.61. The lowest BCUT2D eigenvalue weighted by Crippen LogP contribution is -2.54. The Morgan fingerprint density at radius 2 is 2.19 bits per heavy atom. The molecule has 0 radical (unpaired) electrons. The lowest BCUT2D eigenvalue weighted by Gasteiger charge is -2.45. The molecule has 21 heavy (non-hydrogen) atoms. The topological polar surface area (TPSA) is 73.4 Å². The van der Waals surface area contributed by atoms with Crippen molar-refractivity contribution in [2.75, 3.05) is 6.54 Å². The highest BCUT2D eigenvalue weighted by Crippen LogP contribution is 2.35. The number of aromatic nitrogens is 1. The zero-order valence-electron chi connectivity index (χ0n) is 12.1. The molecule has 1 saturated heterocycles. The van der Waals surface area contributed by atoms with Crippen molar-refractivity contribution in [1.82, 2.24) is 9.88 Å². The molecule has 2 heterocycles. The van der Waals surface area contributed by atoms with E-state index in [-0.39, 0.29) is 23.6 Å². The van der Waals surface area contributed by atoms with E-state index in [0.717, 1.165) is 37.9 Å². The van der Waals surface area contributed by atoms with Crippen LogP contribution in [0, 0.1) is 5.92 Å². The van der Waals surface area contributed by atoms with E-state index >= 15 is 0 Å². The first-order valence-electron chi connectivity index (χ1n) is 7.79. The molecule has 5 heteroatoms. The molecule has 114 valence electrons. The highest BCUT2D eigenvalue weighted by molar-refractivity contribution is 5.77. The maximum absolute atomic E-state index is 12.4. The molecule has 3 rings (SSSR count). The number of aryl methyl sites for hydroxylation is 1. The number of hydrogen-bond donors (Lipinski definition) is 2. The van der Waals surface area contributed by atoms with Crippen LogP contribution in [-0.2, 0) is 11.2 Å². The first kappa shape index (κ1) is 14.3. The molecule has 1 aliphatic carbocycles. The van der Waals surface area contributed by atoms with Gasteiger partial charge >= 0.3 is 0 Å². The van der Waals surface area contributed by atoms with Gasteiger partial charge in [0, 0.05) is 24.7 Å². The summed E-state index contributed by atoms with van der Waals surface area (Å²) < 4.78 is 0. The fourth-order valence-corrected chi connectivity index (χ4v) is 3.63. The third-order valence-corrected chi connectivity index (χ3v) is 4.83. The summed E-state index contributed by atoms with van der Waals surface area (Å²) in [6.45, 7) is 0.760. The predicted molar refractivity (Wildman–Crippen MR) is 78.8 cm³/mol. The van der Waals surface area contributed by atoms with Gasteiger partial charge in [-0.3, -0.25) is 9.59 Å². The number of carbonyl (C=O) groups excluding carboxylic acids is 1. The van der Waals surface area contributed by atoms with Crippen LogP contribution in [0.25, 0.3) is 0 Å². The number of aromatic amines is 1. The first-order valence-corrected chi connectivity index (χ1v) is 7.79. The Bertz CT molecular complexity index is 569. The number of nitrogens with one attached hydrogen (secondary N) is 1. The number of amides is 1. The standard InChI is InChI=1S/C16H22N2O3/c19-14-6-4-11-8-9-18(13(14)10-11)16(21)7-5-12-2-1-3-15(20)17-12/h1-3,11,13-14,19H,4-10H2,(H,17,20). The van der Waals surface area contributed by atoms with Gasteiger partial charge in [0.05, 0.1) is 12.1 Å². The number of likely N-dealkylation sites (tertiary alicyclic amines) is 1. The smallest absolute Gasteiger partial charge is 0.248 e. The number of pyridine rings is 1. The number of fused-ring (bicyclic) bond motifs is 2. The molecule has 2 bridgehead atoms. The van der Waals surface area contributed by atoms with Crippen molar-refractivity contribution in [3.63, 3.8) is 0 Å². The molecule has 1 aliphatic heterocycles. The van der Waals surface area contributed by atoms with Crippen LogP contribution in [0.2, 0.25) is 0 Å². The molecule has 0 aromatic carbocycles. The van der Waals surface area contributed by atoms with E-state index in [0.29, 0.717) is 18.8 Å². The third-order valence-electron chi connectivity index (χ3n) is 4.83. The van der Waals surface area contributed by atoms with Gasteiger partial charge < -0.3 is 15.0 Å². The maximum atomic E-state index is 12.4. The second-order valence-electron chi connectivity index (χ2n) is 6.23. The number of rotatable bonds is 3. The highest BCUT2D eigenvalue weighted by atomic mass is 16.3. The Hall–Kier alpha value is -1.62. The van der Waals surface area contributed by atoms with E-state index < -0.39 is 0 Å². The summed E-state index contributed by atoms with van der Waals surface area (Å²) in [5.74, 6) is 0.761. The molecule has 1 aromatic heterocycles. The van der Waals surface area contributed by atoms with Crippen molar-refractivity contribution in [1.29, 1.82) is 0 Å². The zero-order chi connectivity index (χ0) is 14.8. The second-order valence-corrected chi connectivity index (χ2v) is 6.23. The van der Waals surface area contributed by atoms with Gasteiger partial charge in [-0.05, 0) is 44.1 Å². The fraction of sp³-hybridized carbons (Fsp3) is 0.625. The molecule has 0 spiro atoms. The van der Waals surface area contributed by atoms with Crippen LogP contribution in [0.4, 0.5) is 0 Å². The van der Waals surface area contributed by atoms with Crippen LogP contribution < -0.4 is 5.56 Å². The lowest BCUT2D eigenvalue weighted by atomic mass is 9.78. The van der Waals surface area contributed by atoms with E-state index in [9.17, 15) is 14.7 Å². The molecule has 3 atom stereocenters. The Morgan fingerprint density at radius 3 is 3.00 bits per heavy atom. The van der Waals surface area contributed by atoms with Crippen molar-refractivity contribution in [3.8, 4) is 0 Å². The predicted octanol–water partition coefficient (Wildman–Crippen LogP) is 1.07. The Labute approximate surface area is 124 Å². The third kappa shape index (κ3) is 3.18. The first-order chi connectivity index (χ1) is 10.1. The number of aliphatic hydroxyl groups excluding tert-OH is 1. The molecule has 5 nitrogen and oxygen atoms in total. The van der Waals surface area contributed by atoms with Gasteiger partial charge in [-0.2, -0.15) is 0 Å². The average molecular weight is 290 g/mol. The number of hydrogen-bond acceptors (Lipinski definition) is 3. The van der Waals surface area contributed by atoms with Gasteiger partial charge in [-0.15, -0.1) is 0 Å². The largest absolute Gasteiger partial charge is 0.391 e. The van der Waals surface area contributed by atoms with Crippen LogP contribution >= 0.6 is 0 Å². The van der Waals surface area contributed by atoms with E-state index in [1.807, 2.05) is 11.0 Å². The van der Waals surface area contributed by atoms with Crippen LogP contribution in [0.5, 0.6) is 0 Å². The monoisotopic (exact) mass is 290 g/mol. The summed E-state index contributed by atoms with van der Waals surface area (Å²) in [4.78, 5) is 28.3. The average Bonchev–Trinajstić information content (AvgIpc) is 2.49. The fourth-order valence-electron chi connectivity index (χ4n) is 3.63. The van der Waals surface area contributed by atoms with Gasteiger partial charge in [0.15, 0.2) is 0 Å². The normalized spacial score (nSPS) is 28.4. The van der Waals surface area contributed by atoms with Crippen molar-refractivity contribution in [2.45, 2.75) is 50.7 Å². The van der Waals surface area contributed by atoms with Crippen molar-refractivity contribution in [3.05, 3.63) is 34.2 Å². The summed E-state index contributed by atoms with van der Waals surface area (Å²) >= 11 is 0. The minimum absolute atomic E-state index is 0.000164. The van der Waals surface area contributed by atoms with Crippen LogP contribution in [0.3, 0.4) is 0 Å². The molecule has 1 amide bonds. The molecular weight excluding hydrogens is 268 g/mol. The Kier molecular flexibility index (Phi) is 4.10. The van der Waals surface area contributed by atoms with Gasteiger partial charge in [0.25, 0.3) is 0 Å². The summed E-state index contributed by atoms with van der Waals surface area (Å²) in [6.07, 6.45) is 4.44. The van der Waals surface area contributed by atoms with Gasteiger partial charge in [0.2, 0.25) is 11.5 Å². The Morgan fingerprint density at radius 1 is 1.33 bits per heavy atom. The molecule has 1 aromatic rings. The molecule has 3 unspecified atom stereocenters.